The maximum Gasteiger partial charge on any atom is 0.247 e. The minimum Gasteiger partial charge on any atom is -0.362 e. The average Bonchev–Trinajstić information content (AvgIpc) is 2.95. The fraction of sp³-hybridized carbons (Fsp3) is 0.241. The maximum absolute atomic E-state index is 11.8. The summed E-state index contributed by atoms with van der Waals surface area (Å²) in [5.41, 5.74) is 3.21. The summed E-state index contributed by atoms with van der Waals surface area (Å²) in [5.74, 6) is 0.545. The number of hydrogen-bond acceptors (Lipinski definition) is 7. The van der Waals surface area contributed by atoms with Crippen molar-refractivity contribution in [2.24, 2.45) is 0 Å². The van der Waals surface area contributed by atoms with E-state index in [-0.39, 0.29) is 15.0 Å². The fourth-order valence-corrected chi connectivity index (χ4v) is 3.24. The van der Waals surface area contributed by atoms with Crippen LogP contribution in [0.1, 0.15) is 42.0 Å². The van der Waals surface area contributed by atoms with Crippen molar-refractivity contribution in [3.63, 3.8) is 0 Å². The van der Waals surface area contributed by atoms with E-state index in [2.05, 4.69) is 47.6 Å². The number of rotatable bonds is 11. The Morgan fingerprint density at radius 3 is 2.38 bits per heavy atom. The molecule has 0 fully saturated rings. The number of methoxy groups -OCH3 is 1. The lowest BCUT2D eigenvalue weighted by atomic mass is 10.1. The van der Waals surface area contributed by atoms with Gasteiger partial charge >= 0.3 is 0 Å². The Morgan fingerprint density at radius 2 is 1.78 bits per heavy atom. The zero-order valence-electron chi connectivity index (χ0n) is 22.2. The number of hydrogen-bond donors (Lipinski definition) is 4. The van der Waals surface area contributed by atoms with Crippen LogP contribution in [0.25, 0.3) is 11.3 Å². The number of carbonyl (C=O) groups is 1. The minimum absolute atomic E-state index is 0. The molecule has 1 atom stereocenters. The van der Waals surface area contributed by atoms with Crippen LogP contribution in [0.3, 0.4) is 0 Å². The SMILES string of the molecule is C=C.C=CC(=O)Nc1cccc(-c2nc(Nc3ccccc3)nc(NC(CCC)OC)c2C=N)c1.CC.[HH].[HH]. The van der Waals surface area contributed by atoms with Crippen molar-refractivity contribution in [2.75, 3.05) is 23.1 Å². The Balaban J connectivity index is 0. The highest BCUT2D eigenvalue weighted by Crippen LogP contribution is 2.30. The van der Waals surface area contributed by atoms with E-state index in [1.165, 1.54) is 12.3 Å². The summed E-state index contributed by atoms with van der Waals surface area (Å²) in [6.07, 6.45) is 3.86. The van der Waals surface area contributed by atoms with E-state index in [0.29, 0.717) is 28.7 Å². The summed E-state index contributed by atoms with van der Waals surface area (Å²) in [4.78, 5) is 21.1. The number of benzene rings is 2. The van der Waals surface area contributed by atoms with E-state index >= 15 is 0 Å². The van der Waals surface area contributed by atoms with Crippen LogP contribution in [0.5, 0.6) is 0 Å². The molecular weight excluding hydrogens is 464 g/mol. The van der Waals surface area contributed by atoms with Crippen LogP contribution < -0.4 is 16.0 Å². The van der Waals surface area contributed by atoms with Crippen LogP contribution in [0.2, 0.25) is 0 Å². The number of amides is 1. The van der Waals surface area contributed by atoms with Gasteiger partial charge in [-0.2, -0.15) is 4.98 Å². The van der Waals surface area contributed by atoms with Gasteiger partial charge in [0.2, 0.25) is 11.9 Å². The first kappa shape index (κ1) is 30.7. The number of para-hydroxylation sites is 1. The Morgan fingerprint density at radius 1 is 1.11 bits per heavy atom. The fourth-order valence-electron chi connectivity index (χ4n) is 3.24. The van der Waals surface area contributed by atoms with Gasteiger partial charge in [0.15, 0.2) is 0 Å². The lowest BCUT2D eigenvalue weighted by molar-refractivity contribution is -0.111. The second kappa shape index (κ2) is 17.2. The van der Waals surface area contributed by atoms with E-state index in [0.717, 1.165) is 24.1 Å². The number of nitrogens with one attached hydrogen (secondary N) is 4. The van der Waals surface area contributed by atoms with Crippen molar-refractivity contribution in [2.45, 2.75) is 39.8 Å². The Bertz CT molecular complexity index is 1150. The molecule has 0 aliphatic heterocycles. The number of anilines is 4. The van der Waals surface area contributed by atoms with Gasteiger partial charge in [0.1, 0.15) is 12.0 Å². The van der Waals surface area contributed by atoms with Gasteiger partial charge in [-0.1, -0.05) is 64.1 Å². The predicted molar refractivity (Wildman–Crippen MR) is 160 cm³/mol. The van der Waals surface area contributed by atoms with Crippen molar-refractivity contribution in [1.82, 2.24) is 9.97 Å². The molecule has 0 saturated heterocycles. The first-order chi connectivity index (χ1) is 18.1. The molecule has 0 saturated carbocycles. The topological polar surface area (TPSA) is 112 Å². The van der Waals surface area contributed by atoms with Crippen LogP contribution in [0, 0.1) is 5.41 Å². The molecule has 3 rings (SSSR count). The molecule has 0 spiro atoms. The van der Waals surface area contributed by atoms with Crippen molar-refractivity contribution < 1.29 is 12.4 Å². The summed E-state index contributed by atoms with van der Waals surface area (Å²) in [6.45, 7) is 15.6. The number of carbonyl (C=O) groups excluding carboxylic acids is 1. The third-order valence-corrected chi connectivity index (χ3v) is 4.84. The smallest absolute Gasteiger partial charge is 0.247 e. The largest absolute Gasteiger partial charge is 0.362 e. The third-order valence-electron chi connectivity index (χ3n) is 4.84. The van der Waals surface area contributed by atoms with E-state index in [4.69, 9.17) is 15.1 Å². The van der Waals surface area contributed by atoms with Gasteiger partial charge in [-0.05, 0) is 36.8 Å². The van der Waals surface area contributed by atoms with Gasteiger partial charge in [-0.3, -0.25) is 4.79 Å². The molecule has 2 aromatic carbocycles. The highest BCUT2D eigenvalue weighted by Gasteiger charge is 2.18. The van der Waals surface area contributed by atoms with E-state index in [9.17, 15) is 4.79 Å². The second-order valence-electron chi connectivity index (χ2n) is 7.23. The van der Waals surface area contributed by atoms with Crippen LogP contribution in [-0.2, 0) is 9.53 Å². The quantitative estimate of drug-likeness (QED) is 0.0926. The zero-order chi connectivity index (χ0) is 27.6. The first-order valence-electron chi connectivity index (χ1n) is 12.2. The number of aromatic nitrogens is 2. The van der Waals surface area contributed by atoms with E-state index in [1.54, 1.807) is 19.2 Å². The molecule has 8 nitrogen and oxygen atoms in total. The predicted octanol–water partition coefficient (Wildman–Crippen LogP) is 7.51. The number of ether oxygens (including phenoxy) is 1. The van der Waals surface area contributed by atoms with Crippen molar-refractivity contribution >= 4 is 35.3 Å². The minimum atomic E-state index is -0.307. The van der Waals surface area contributed by atoms with Gasteiger partial charge < -0.3 is 26.1 Å². The van der Waals surface area contributed by atoms with Crippen LogP contribution in [0.4, 0.5) is 23.1 Å². The molecule has 3 aromatic rings. The molecule has 1 heterocycles. The van der Waals surface area contributed by atoms with Crippen LogP contribution in [-0.4, -0.2) is 35.4 Å². The van der Waals surface area contributed by atoms with Crippen LogP contribution in [0.15, 0.2) is 80.4 Å². The maximum atomic E-state index is 11.8. The zero-order valence-corrected chi connectivity index (χ0v) is 22.2. The molecule has 200 valence electrons. The summed E-state index contributed by atoms with van der Waals surface area (Å²) >= 11 is 0. The Hall–Kier alpha value is -4.30. The standard InChI is InChI=1S/C25H28N6O2.C2H6.C2H4.2H2/c1-4-10-22(33-3)29-24-20(16-26)23(17-11-9-14-19(15-17)27-21(32)5-2)30-25(31-24)28-18-12-7-6-8-13-18;2*1-2;;/h5-9,11-16,22,26H,2,4,10H2,1,3H3,(H,27,32)(H2,28,29,30,31);1-2H3;1-2H2;2*1H. The summed E-state index contributed by atoms with van der Waals surface area (Å²) in [7, 11) is 1.63. The highest BCUT2D eigenvalue weighted by atomic mass is 16.5. The second-order valence-corrected chi connectivity index (χ2v) is 7.23. The molecule has 1 unspecified atom stereocenters. The monoisotopic (exact) mass is 506 g/mol. The summed E-state index contributed by atoms with van der Waals surface area (Å²) < 4.78 is 5.55. The Labute approximate surface area is 223 Å². The Kier molecular flexibility index (Phi) is 14.3. The van der Waals surface area contributed by atoms with Gasteiger partial charge in [-0.25, -0.2) is 4.98 Å². The molecular formula is C29H42N6O2. The summed E-state index contributed by atoms with van der Waals surface area (Å²) in [5, 5.41) is 17.4. The molecule has 37 heavy (non-hydrogen) atoms. The molecule has 4 N–H and O–H groups in total. The molecule has 0 bridgehead atoms. The van der Waals surface area contributed by atoms with Gasteiger partial charge in [0.05, 0.1) is 11.3 Å². The normalized spacial score (nSPS) is 10.4. The highest BCUT2D eigenvalue weighted by molar-refractivity contribution is 6.00. The lowest BCUT2D eigenvalue weighted by Gasteiger charge is -2.20. The van der Waals surface area contributed by atoms with Crippen LogP contribution >= 0.6 is 0 Å². The molecule has 0 radical (unpaired) electrons. The van der Waals surface area contributed by atoms with Gasteiger partial charge in [0.25, 0.3) is 0 Å². The van der Waals surface area contributed by atoms with Gasteiger partial charge in [-0.15, -0.1) is 13.2 Å². The van der Waals surface area contributed by atoms with E-state index < -0.39 is 0 Å². The van der Waals surface area contributed by atoms with Crippen molar-refractivity contribution in [3.05, 3.63) is 86.0 Å². The van der Waals surface area contributed by atoms with Crippen molar-refractivity contribution in [3.8, 4) is 11.3 Å². The molecule has 8 heteroatoms. The number of nitrogens with zero attached hydrogens (tertiary/aromatic N) is 2. The lowest BCUT2D eigenvalue weighted by Crippen LogP contribution is -2.23. The van der Waals surface area contributed by atoms with E-state index in [1.807, 2.05) is 56.3 Å². The molecule has 0 aliphatic carbocycles. The van der Waals surface area contributed by atoms with Crippen molar-refractivity contribution in [1.29, 1.82) is 5.41 Å². The molecule has 0 aliphatic rings. The molecule has 1 aromatic heterocycles. The summed E-state index contributed by atoms with van der Waals surface area (Å²) in [6, 6.07) is 16.9. The first-order valence-corrected chi connectivity index (χ1v) is 12.2. The van der Waals surface area contributed by atoms with Gasteiger partial charge in [0, 0.05) is 33.1 Å². The third kappa shape index (κ3) is 9.35. The molecule has 1 amide bonds. The average molecular weight is 507 g/mol.